The van der Waals surface area contributed by atoms with Crippen molar-refractivity contribution in [3.8, 4) is 0 Å². The summed E-state index contributed by atoms with van der Waals surface area (Å²) in [7, 11) is 2.03. The van der Waals surface area contributed by atoms with Gasteiger partial charge in [-0.2, -0.15) is 0 Å². The fraction of sp³-hybridized carbons (Fsp3) is 0.750. The maximum Gasteiger partial charge on any atom is 0.0373 e. The first-order valence-corrected chi connectivity index (χ1v) is 7.27. The first-order valence-electron chi connectivity index (χ1n) is 7.27. The van der Waals surface area contributed by atoms with Gasteiger partial charge in [0.2, 0.25) is 0 Å². The van der Waals surface area contributed by atoms with Gasteiger partial charge in [-0.05, 0) is 31.6 Å². The van der Waals surface area contributed by atoms with Crippen LogP contribution in [0.3, 0.4) is 0 Å². The highest BCUT2D eigenvalue weighted by Gasteiger charge is 2.49. The third kappa shape index (κ3) is 1.86. The Morgan fingerprint density at radius 1 is 1.33 bits per heavy atom. The lowest BCUT2D eigenvalue weighted by molar-refractivity contribution is 0.0691. The van der Waals surface area contributed by atoms with Crippen molar-refractivity contribution in [2.75, 3.05) is 13.6 Å². The zero-order chi connectivity index (χ0) is 13.6. The minimum atomic E-state index is 0.287. The van der Waals surface area contributed by atoms with Crippen molar-refractivity contribution in [1.82, 2.24) is 10.2 Å². The third-order valence-corrected chi connectivity index (χ3v) is 4.93. The average Bonchev–Trinajstić information content (AvgIpc) is 2.33. The minimum Gasteiger partial charge on any atom is -0.390 e. The van der Waals surface area contributed by atoms with Crippen LogP contribution in [0.5, 0.6) is 0 Å². The molecular formula is C16H28N2. The summed E-state index contributed by atoms with van der Waals surface area (Å²) in [5, 5.41) is 3.33. The average molecular weight is 248 g/mol. The van der Waals surface area contributed by atoms with Gasteiger partial charge in [0.1, 0.15) is 0 Å². The first kappa shape index (κ1) is 13.5. The van der Waals surface area contributed by atoms with Crippen LogP contribution in [0.2, 0.25) is 0 Å². The van der Waals surface area contributed by atoms with E-state index in [1.54, 1.807) is 5.70 Å². The molecule has 0 spiro atoms. The van der Waals surface area contributed by atoms with Crippen LogP contribution in [-0.4, -0.2) is 18.5 Å². The van der Waals surface area contributed by atoms with Gasteiger partial charge in [0.05, 0.1) is 0 Å². The number of allylic oxidation sites excluding steroid dienone is 3. The monoisotopic (exact) mass is 248 g/mol. The molecule has 0 bridgehead atoms. The Balaban J connectivity index is 2.42. The van der Waals surface area contributed by atoms with Crippen LogP contribution in [0.1, 0.15) is 53.9 Å². The van der Waals surface area contributed by atoms with Gasteiger partial charge in [-0.25, -0.2) is 0 Å². The van der Waals surface area contributed by atoms with Crippen molar-refractivity contribution in [3.63, 3.8) is 0 Å². The van der Waals surface area contributed by atoms with Crippen LogP contribution in [-0.2, 0) is 0 Å². The summed E-state index contributed by atoms with van der Waals surface area (Å²) in [6.45, 7) is 12.8. The van der Waals surface area contributed by atoms with Crippen LogP contribution < -0.4 is 5.32 Å². The highest BCUT2D eigenvalue weighted by atomic mass is 15.3. The smallest absolute Gasteiger partial charge is 0.0373 e. The molecule has 0 saturated carbocycles. The number of hydrogen-bond donors (Lipinski definition) is 1. The van der Waals surface area contributed by atoms with E-state index in [4.69, 9.17) is 0 Å². The molecular weight excluding hydrogens is 220 g/mol. The van der Waals surface area contributed by atoms with Crippen LogP contribution in [0.15, 0.2) is 23.2 Å². The van der Waals surface area contributed by atoms with E-state index >= 15 is 0 Å². The SMILES string of the molecule is CCC1(CC)CN2C1=CC(C)(C)C/C2=C(\C)NC. The summed E-state index contributed by atoms with van der Waals surface area (Å²) in [4.78, 5) is 2.55. The van der Waals surface area contributed by atoms with Crippen molar-refractivity contribution >= 4 is 0 Å². The van der Waals surface area contributed by atoms with Crippen LogP contribution in [0, 0.1) is 10.8 Å². The van der Waals surface area contributed by atoms with Gasteiger partial charge in [-0.1, -0.05) is 33.8 Å². The van der Waals surface area contributed by atoms with Gasteiger partial charge in [0.15, 0.2) is 0 Å². The van der Waals surface area contributed by atoms with Gasteiger partial charge < -0.3 is 10.2 Å². The standard InChI is InChI=1S/C16H28N2/c1-7-16(8-2)11-18-13(12(3)17-6)9-15(4,5)10-14(16)18/h10,17H,7-9,11H2,1-6H3/b13-12-. The number of rotatable bonds is 3. The Bertz CT molecular complexity index is 397. The summed E-state index contributed by atoms with van der Waals surface area (Å²) in [5.74, 6) is 0. The van der Waals surface area contributed by atoms with Crippen LogP contribution in [0.4, 0.5) is 0 Å². The molecule has 2 aliphatic rings. The molecule has 2 nitrogen and oxygen atoms in total. The second kappa shape index (κ2) is 4.32. The molecule has 0 unspecified atom stereocenters. The molecule has 1 saturated heterocycles. The van der Waals surface area contributed by atoms with E-state index in [2.05, 4.69) is 50.9 Å². The Morgan fingerprint density at radius 2 is 1.94 bits per heavy atom. The summed E-state index contributed by atoms with van der Waals surface area (Å²) in [6.07, 6.45) is 6.18. The normalized spacial score (nSPS) is 27.0. The highest BCUT2D eigenvalue weighted by Crippen LogP contribution is 2.55. The Hall–Kier alpha value is -0.920. The fourth-order valence-electron chi connectivity index (χ4n) is 3.40. The zero-order valence-electron chi connectivity index (χ0n) is 12.9. The topological polar surface area (TPSA) is 15.3 Å². The van der Waals surface area contributed by atoms with Crippen LogP contribution in [0.25, 0.3) is 0 Å². The lowest BCUT2D eigenvalue weighted by atomic mass is 9.66. The molecule has 0 atom stereocenters. The van der Waals surface area contributed by atoms with Gasteiger partial charge in [-0.3, -0.25) is 0 Å². The van der Waals surface area contributed by atoms with E-state index in [0.717, 1.165) is 6.42 Å². The summed E-state index contributed by atoms with van der Waals surface area (Å²) < 4.78 is 0. The van der Waals surface area contributed by atoms with Crippen molar-refractivity contribution in [1.29, 1.82) is 0 Å². The molecule has 102 valence electrons. The molecule has 2 heterocycles. The Kier molecular flexibility index (Phi) is 3.25. The lowest BCUT2D eigenvalue weighted by Crippen LogP contribution is -2.55. The number of nitrogens with one attached hydrogen (secondary N) is 1. The quantitative estimate of drug-likeness (QED) is 0.815. The predicted octanol–water partition coefficient (Wildman–Crippen LogP) is 3.87. The second-order valence-corrected chi connectivity index (χ2v) is 6.59. The van der Waals surface area contributed by atoms with Gasteiger partial charge in [0, 0.05) is 36.1 Å². The van der Waals surface area contributed by atoms with Crippen molar-refractivity contribution in [2.45, 2.75) is 53.9 Å². The molecule has 0 aromatic rings. The van der Waals surface area contributed by atoms with E-state index in [0.29, 0.717) is 5.41 Å². The largest absolute Gasteiger partial charge is 0.390 e. The summed E-state index contributed by atoms with van der Waals surface area (Å²) >= 11 is 0. The van der Waals surface area contributed by atoms with Crippen LogP contribution >= 0.6 is 0 Å². The van der Waals surface area contributed by atoms with E-state index < -0.39 is 0 Å². The summed E-state index contributed by atoms with van der Waals surface area (Å²) in [6, 6.07) is 0. The number of hydrogen-bond acceptors (Lipinski definition) is 2. The molecule has 0 aromatic carbocycles. The molecule has 0 aliphatic carbocycles. The minimum absolute atomic E-state index is 0.287. The molecule has 2 heteroatoms. The van der Waals surface area contributed by atoms with E-state index in [9.17, 15) is 0 Å². The molecule has 0 aromatic heterocycles. The van der Waals surface area contributed by atoms with Crippen molar-refractivity contribution in [2.24, 2.45) is 10.8 Å². The van der Waals surface area contributed by atoms with Crippen molar-refractivity contribution in [3.05, 3.63) is 23.2 Å². The predicted molar refractivity (Wildman–Crippen MR) is 78.0 cm³/mol. The maximum atomic E-state index is 3.33. The fourth-order valence-corrected chi connectivity index (χ4v) is 3.40. The molecule has 2 aliphatic heterocycles. The molecule has 2 rings (SSSR count). The summed E-state index contributed by atoms with van der Waals surface area (Å²) in [5.41, 5.74) is 5.13. The Labute approximate surface area is 112 Å². The molecule has 0 amide bonds. The van der Waals surface area contributed by atoms with Crippen molar-refractivity contribution < 1.29 is 0 Å². The van der Waals surface area contributed by atoms with E-state index in [-0.39, 0.29) is 5.41 Å². The number of nitrogens with zero attached hydrogens (tertiary/aromatic N) is 1. The Morgan fingerprint density at radius 3 is 2.44 bits per heavy atom. The first-order chi connectivity index (χ1) is 8.39. The van der Waals surface area contributed by atoms with Gasteiger partial charge in [0.25, 0.3) is 0 Å². The zero-order valence-corrected chi connectivity index (χ0v) is 12.9. The number of fused-ring (bicyclic) bond motifs is 1. The maximum absolute atomic E-state index is 3.33. The molecule has 0 radical (unpaired) electrons. The second-order valence-electron chi connectivity index (χ2n) is 6.59. The van der Waals surface area contributed by atoms with E-state index in [1.165, 1.54) is 30.8 Å². The van der Waals surface area contributed by atoms with Gasteiger partial charge in [-0.15, -0.1) is 0 Å². The molecule has 1 fully saturated rings. The highest BCUT2D eigenvalue weighted by molar-refractivity contribution is 5.37. The third-order valence-electron chi connectivity index (χ3n) is 4.93. The molecule has 18 heavy (non-hydrogen) atoms. The van der Waals surface area contributed by atoms with Gasteiger partial charge >= 0.3 is 0 Å². The molecule has 1 N–H and O–H groups in total. The lowest BCUT2D eigenvalue weighted by Gasteiger charge is -2.58. The van der Waals surface area contributed by atoms with E-state index in [1.807, 2.05) is 7.05 Å².